The summed E-state index contributed by atoms with van der Waals surface area (Å²) in [4.78, 5) is 29.0. The van der Waals surface area contributed by atoms with E-state index >= 15 is 0 Å². The van der Waals surface area contributed by atoms with E-state index in [-0.39, 0.29) is 11.8 Å². The maximum absolute atomic E-state index is 13.4. The zero-order valence-electron chi connectivity index (χ0n) is 16.2. The van der Waals surface area contributed by atoms with Crippen LogP contribution in [0, 0.1) is 5.92 Å². The number of nitrogens with zero attached hydrogens (tertiary/aromatic N) is 2. The minimum atomic E-state index is -1.45. The molecule has 28 heavy (non-hydrogen) atoms. The van der Waals surface area contributed by atoms with E-state index < -0.39 is 24.2 Å². The lowest BCUT2D eigenvalue weighted by atomic mass is 9.99. The van der Waals surface area contributed by atoms with Gasteiger partial charge in [0, 0.05) is 7.05 Å². The molecule has 0 aliphatic carbocycles. The third-order valence-electron chi connectivity index (χ3n) is 5.38. The molecular formula is C22H24N2O4. The summed E-state index contributed by atoms with van der Waals surface area (Å²) in [7, 11) is 1.69. The summed E-state index contributed by atoms with van der Waals surface area (Å²) >= 11 is 0. The van der Waals surface area contributed by atoms with Crippen LogP contribution in [0.25, 0.3) is 0 Å². The summed E-state index contributed by atoms with van der Waals surface area (Å²) in [6, 6.07) is 18.6. The zero-order chi connectivity index (χ0) is 19.9. The van der Waals surface area contributed by atoms with Gasteiger partial charge in [0.25, 0.3) is 5.91 Å². The molecule has 2 fully saturated rings. The van der Waals surface area contributed by atoms with Gasteiger partial charge in [-0.1, -0.05) is 74.5 Å². The quantitative estimate of drug-likeness (QED) is 0.814. The Bertz CT molecular complexity index is 871. The molecule has 2 aliphatic heterocycles. The van der Waals surface area contributed by atoms with Crippen LogP contribution >= 0.6 is 0 Å². The molecule has 1 spiro atoms. The number of carbonyl (C=O) groups excluding carboxylic acids is 2. The summed E-state index contributed by atoms with van der Waals surface area (Å²) in [6.45, 7) is 4.29. The van der Waals surface area contributed by atoms with Gasteiger partial charge in [0.2, 0.25) is 0 Å². The van der Waals surface area contributed by atoms with Crippen LogP contribution in [0.2, 0.25) is 0 Å². The molecule has 0 saturated carbocycles. The van der Waals surface area contributed by atoms with Crippen molar-refractivity contribution in [2.45, 2.75) is 38.4 Å². The summed E-state index contributed by atoms with van der Waals surface area (Å²) in [5, 5.41) is 0. The average Bonchev–Trinajstić information content (AvgIpc) is 3.10. The van der Waals surface area contributed by atoms with E-state index in [1.54, 1.807) is 11.9 Å². The van der Waals surface area contributed by atoms with Crippen molar-refractivity contribution < 1.29 is 19.1 Å². The van der Waals surface area contributed by atoms with Crippen LogP contribution in [0.3, 0.4) is 0 Å². The number of hydrogen-bond acceptors (Lipinski definition) is 4. The number of amides is 2. The SMILES string of the molecule is CC(C)[C@@H]1N(C)C(=O)O[C@]12O[C@H](c1ccccc1)C(=O)N2Cc1ccccc1. The lowest BCUT2D eigenvalue weighted by Crippen LogP contribution is -2.57. The monoisotopic (exact) mass is 380 g/mol. The van der Waals surface area contributed by atoms with E-state index in [4.69, 9.17) is 9.47 Å². The molecule has 0 unspecified atom stereocenters. The van der Waals surface area contributed by atoms with Crippen LogP contribution in [0.5, 0.6) is 0 Å². The number of hydrogen-bond donors (Lipinski definition) is 0. The predicted octanol–water partition coefficient (Wildman–Crippen LogP) is 3.55. The Morgan fingerprint density at radius 2 is 1.61 bits per heavy atom. The summed E-state index contributed by atoms with van der Waals surface area (Å²) in [6.07, 6.45) is -1.30. The Kier molecular flexibility index (Phi) is 4.59. The van der Waals surface area contributed by atoms with Gasteiger partial charge in [0.15, 0.2) is 6.10 Å². The first kappa shape index (κ1) is 18.5. The van der Waals surface area contributed by atoms with Crippen molar-refractivity contribution in [3.05, 3.63) is 71.8 Å². The van der Waals surface area contributed by atoms with Crippen LogP contribution < -0.4 is 0 Å². The Labute approximate surface area is 164 Å². The molecule has 3 atom stereocenters. The molecule has 2 aromatic rings. The van der Waals surface area contributed by atoms with Crippen LogP contribution in [-0.4, -0.2) is 40.8 Å². The van der Waals surface area contributed by atoms with Crippen LogP contribution in [0.1, 0.15) is 31.1 Å². The van der Waals surface area contributed by atoms with Crippen molar-refractivity contribution in [1.82, 2.24) is 9.80 Å². The number of rotatable bonds is 4. The highest BCUT2D eigenvalue weighted by Gasteiger charge is 2.66. The summed E-state index contributed by atoms with van der Waals surface area (Å²) in [5.74, 6) is -1.63. The predicted molar refractivity (Wildman–Crippen MR) is 103 cm³/mol. The van der Waals surface area contributed by atoms with Gasteiger partial charge in [-0.15, -0.1) is 0 Å². The van der Waals surface area contributed by atoms with Gasteiger partial charge in [-0.25, -0.2) is 4.79 Å². The standard InChI is InChI=1S/C22H24N2O4/c1-15(2)19-22(28-21(26)23(19)3)24(14-16-10-6-4-7-11-16)20(25)18(27-22)17-12-8-5-9-13-17/h4-13,15,18-19H,14H2,1-3H3/t18-,19+,22-/m1/s1. The molecular weight excluding hydrogens is 356 g/mol. The number of ether oxygens (including phenoxy) is 2. The third-order valence-corrected chi connectivity index (χ3v) is 5.38. The third kappa shape index (κ3) is 2.85. The van der Waals surface area contributed by atoms with Crippen molar-refractivity contribution in [3.8, 4) is 0 Å². The maximum Gasteiger partial charge on any atom is 0.414 e. The molecule has 2 amide bonds. The minimum Gasteiger partial charge on any atom is -0.395 e. The molecule has 146 valence electrons. The zero-order valence-corrected chi connectivity index (χ0v) is 16.2. The fourth-order valence-corrected chi connectivity index (χ4v) is 4.16. The number of likely N-dealkylation sites (N-methyl/N-ethyl adjacent to an activating group) is 1. The molecule has 0 bridgehead atoms. The van der Waals surface area contributed by atoms with Crippen molar-refractivity contribution in [2.24, 2.45) is 5.92 Å². The van der Waals surface area contributed by atoms with Crippen LogP contribution in [0.4, 0.5) is 4.79 Å². The molecule has 4 rings (SSSR count). The maximum atomic E-state index is 13.4. The van der Waals surface area contributed by atoms with Crippen molar-refractivity contribution >= 4 is 12.0 Å². The van der Waals surface area contributed by atoms with Gasteiger partial charge in [-0.2, -0.15) is 0 Å². The van der Waals surface area contributed by atoms with E-state index in [1.807, 2.05) is 74.5 Å². The summed E-state index contributed by atoms with van der Waals surface area (Å²) < 4.78 is 12.1. The highest BCUT2D eigenvalue weighted by Crippen LogP contribution is 2.47. The first-order chi connectivity index (χ1) is 13.4. The topological polar surface area (TPSA) is 59.1 Å². The van der Waals surface area contributed by atoms with Crippen molar-refractivity contribution in [3.63, 3.8) is 0 Å². The second-order valence-electron chi connectivity index (χ2n) is 7.62. The van der Waals surface area contributed by atoms with Crippen molar-refractivity contribution in [1.29, 1.82) is 0 Å². The fraction of sp³-hybridized carbons (Fsp3) is 0.364. The Morgan fingerprint density at radius 1 is 1.00 bits per heavy atom. The lowest BCUT2D eigenvalue weighted by Gasteiger charge is -2.37. The van der Waals surface area contributed by atoms with E-state index in [1.165, 1.54) is 4.90 Å². The number of benzene rings is 2. The molecule has 2 saturated heterocycles. The smallest absolute Gasteiger partial charge is 0.395 e. The molecule has 6 nitrogen and oxygen atoms in total. The van der Waals surface area contributed by atoms with Gasteiger partial charge < -0.3 is 9.47 Å². The van der Waals surface area contributed by atoms with Crippen LogP contribution in [-0.2, 0) is 20.8 Å². The highest BCUT2D eigenvalue weighted by atomic mass is 16.8. The Morgan fingerprint density at radius 3 is 2.21 bits per heavy atom. The highest BCUT2D eigenvalue weighted by molar-refractivity contribution is 5.86. The molecule has 2 aromatic carbocycles. The minimum absolute atomic E-state index is 0.0250. The van der Waals surface area contributed by atoms with Gasteiger partial charge in [0.05, 0.1) is 6.54 Å². The molecule has 0 aromatic heterocycles. The molecule has 6 heteroatoms. The van der Waals surface area contributed by atoms with E-state index in [0.29, 0.717) is 6.54 Å². The van der Waals surface area contributed by atoms with Gasteiger partial charge in [0.1, 0.15) is 6.04 Å². The molecule has 0 radical (unpaired) electrons. The second kappa shape index (κ2) is 6.95. The normalized spacial score (nSPS) is 27.1. The lowest BCUT2D eigenvalue weighted by molar-refractivity contribution is -0.258. The number of carbonyl (C=O) groups is 2. The average molecular weight is 380 g/mol. The first-order valence-electron chi connectivity index (χ1n) is 9.48. The largest absolute Gasteiger partial charge is 0.414 e. The molecule has 2 aliphatic rings. The Balaban J connectivity index is 1.79. The molecule has 2 heterocycles. The van der Waals surface area contributed by atoms with Crippen LogP contribution in [0.15, 0.2) is 60.7 Å². The first-order valence-corrected chi connectivity index (χ1v) is 9.48. The van der Waals surface area contributed by atoms with Gasteiger partial charge >= 0.3 is 12.0 Å². The fourth-order valence-electron chi connectivity index (χ4n) is 4.16. The van der Waals surface area contributed by atoms with E-state index in [0.717, 1.165) is 11.1 Å². The van der Waals surface area contributed by atoms with Gasteiger partial charge in [-0.3, -0.25) is 14.6 Å². The molecule has 0 N–H and O–H groups in total. The van der Waals surface area contributed by atoms with E-state index in [2.05, 4.69) is 0 Å². The Hall–Kier alpha value is -2.86. The second-order valence-corrected chi connectivity index (χ2v) is 7.62. The summed E-state index contributed by atoms with van der Waals surface area (Å²) in [5.41, 5.74) is 1.69. The van der Waals surface area contributed by atoms with Crippen molar-refractivity contribution in [2.75, 3.05) is 7.05 Å². The van der Waals surface area contributed by atoms with E-state index in [9.17, 15) is 9.59 Å². The van der Waals surface area contributed by atoms with Gasteiger partial charge in [-0.05, 0) is 17.0 Å².